The zero-order valence-electron chi connectivity index (χ0n) is 10.1. The van der Waals surface area contributed by atoms with Gasteiger partial charge in [-0.25, -0.2) is 0 Å². The number of ether oxygens (including phenoxy) is 1. The van der Waals surface area contributed by atoms with Crippen molar-refractivity contribution >= 4 is 10.1 Å². The Balaban J connectivity index is 2.44. The summed E-state index contributed by atoms with van der Waals surface area (Å²) in [5.74, 6) is -0.447. The van der Waals surface area contributed by atoms with Crippen LogP contribution in [0.15, 0.2) is 0 Å². The van der Waals surface area contributed by atoms with E-state index in [9.17, 15) is 23.7 Å². The summed E-state index contributed by atoms with van der Waals surface area (Å²) in [7, 11) is -4.05. The van der Waals surface area contributed by atoms with Gasteiger partial charge in [0.2, 0.25) is 0 Å². The highest BCUT2D eigenvalue weighted by Crippen LogP contribution is 2.19. The lowest BCUT2D eigenvalue weighted by Gasteiger charge is -2.40. The van der Waals surface area contributed by atoms with E-state index in [0.29, 0.717) is 0 Å². The largest absolute Gasteiger partial charge is 0.394 e. The summed E-state index contributed by atoms with van der Waals surface area (Å²) >= 11 is 0. The minimum atomic E-state index is -4.05. The van der Waals surface area contributed by atoms with Crippen molar-refractivity contribution in [2.24, 2.45) is 0 Å². The molecule has 1 aliphatic heterocycles. The van der Waals surface area contributed by atoms with Crippen molar-refractivity contribution in [1.82, 2.24) is 5.32 Å². The molecule has 0 aromatic heterocycles. The molecule has 1 aliphatic rings. The van der Waals surface area contributed by atoms with E-state index in [0.717, 1.165) is 0 Å². The van der Waals surface area contributed by atoms with Gasteiger partial charge in [-0.3, -0.25) is 9.87 Å². The van der Waals surface area contributed by atoms with Crippen LogP contribution in [-0.4, -0.2) is 82.9 Å². The Morgan fingerprint density at radius 1 is 1.11 bits per heavy atom. The maximum Gasteiger partial charge on any atom is 0.264 e. The Kier molecular flexibility index (Phi) is 6.08. The monoisotopic (exact) mass is 301 g/mol. The van der Waals surface area contributed by atoms with Crippen molar-refractivity contribution in [3.8, 4) is 0 Å². The number of hydrogen-bond donors (Lipinski definition) is 6. The highest BCUT2D eigenvalue weighted by Gasteiger charge is 2.43. The van der Waals surface area contributed by atoms with Crippen LogP contribution < -0.4 is 5.32 Å². The van der Waals surface area contributed by atoms with Crippen LogP contribution in [0, 0.1) is 0 Å². The molecule has 9 nitrogen and oxygen atoms in total. The molecule has 10 heteroatoms. The molecular formula is C9H19NO8S. The lowest BCUT2D eigenvalue weighted by atomic mass is 9.98. The summed E-state index contributed by atoms with van der Waals surface area (Å²) in [4.78, 5) is 0. The molecule has 1 rings (SSSR count). The number of nitrogens with one attached hydrogen (secondary N) is 1. The van der Waals surface area contributed by atoms with Gasteiger partial charge < -0.3 is 25.2 Å². The maximum atomic E-state index is 10.5. The summed E-state index contributed by atoms with van der Waals surface area (Å²) in [6.07, 6.45) is -6.31. The zero-order valence-corrected chi connectivity index (χ0v) is 10.9. The van der Waals surface area contributed by atoms with Crippen LogP contribution in [0.3, 0.4) is 0 Å². The van der Waals surface area contributed by atoms with Gasteiger partial charge in [-0.2, -0.15) is 8.42 Å². The van der Waals surface area contributed by atoms with Crippen molar-refractivity contribution in [1.29, 1.82) is 0 Å². The lowest BCUT2D eigenvalue weighted by molar-refractivity contribution is -0.236. The maximum absolute atomic E-state index is 10.5. The fourth-order valence-corrected chi connectivity index (χ4v) is 2.28. The molecule has 0 radical (unpaired) electrons. The molecule has 0 bridgehead atoms. The van der Waals surface area contributed by atoms with Crippen LogP contribution in [0.4, 0.5) is 0 Å². The van der Waals surface area contributed by atoms with Gasteiger partial charge in [0.05, 0.1) is 12.4 Å². The molecular weight excluding hydrogens is 282 g/mol. The van der Waals surface area contributed by atoms with Crippen molar-refractivity contribution in [2.75, 3.05) is 18.9 Å². The van der Waals surface area contributed by atoms with Gasteiger partial charge in [0.25, 0.3) is 10.1 Å². The molecule has 0 amide bonds. The SMILES string of the molecule is O=S(=O)(O)CCCNC1O[C@H](CO)[C@@H](O)[C@H](O)[C@H]1O. The lowest BCUT2D eigenvalue weighted by Crippen LogP contribution is -2.62. The highest BCUT2D eigenvalue weighted by molar-refractivity contribution is 7.85. The van der Waals surface area contributed by atoms with Gasteiger partial charge in [-0.05, 0) is 13.0 Å². The molecule has 0 aromatic rings. The van der Waals surface area contributed by atoms with Crippen LogP contribution >= 0.6 is 0 Å². The van der Waals surface area contributed by atoms with Gasteiger partial charge >= 0.3 is 0 Å². The average molecular weight is 301 g/mol. The van der Waals surface area contributed by atoms with Crippen LogP contribution in [0.25, 0.3) is 0 Å². The summed E-state index contributed by atoms with van der Waals surface area (Å²) in [5, 5.41) is 40.2. The minimum Gasteiger partial charge on any atom is -0.394 e. The summed E-state index contributed by atoms with van der Waals surface area (Å²) in [6.45, 7) is -0.434. The van der Waals surface area contributed by atoms with Gasteiger partial charge in [0.1, 0.15) is 30.6 Å². The minimum absolute atomic E-state index is 0.0772. The third-order valence-electron chi connectivity index (χ3n) is 2.82. The smallest absolute Gasteiger partial charge is 0.264 e. The molecule has 5 atom stereocenters. The quantitative estimate of drug-likeness (QED) is 0.218. The van der Waals surface area contributed by atoms with E-state index >= 15 is 0 Å². The first kappa shape index (κ1) is 16.7. The third kappa shape index (κ3) is 4.93. The van der Waals surface area contributed by atoms with Gasteiger partial charge in [0, 0.05) is 0 Å². The Morgan fingerprint density at radius 3 is 2.26 bits per heavy atom. The summed E-state index contributed by atoms with van der Waals surface area (Å²) in [5.41, 5.74) is 0. The van der Waals surface area contributed by atoms with Crippen molar-refractivity contribution in [3.05, 3.63) is 0 Å². The molecule has 1 fully saturated rings. The van der Waals surface area contributed by atoms with E-state index < -0.39 is 53.1 Å². The van der Waals surface area contributed by atoms with E-state index in [4.69, 9.17) is 14.4 Å². The molecule has 19 heavy (non-hydrogen) atoms. The van der Waals surface area contributed by atoms with Gasteiger partial charge in [-0.15, -0.1) is 0 Å². The first-order valence-corrected chi connectivity index (χ1v) is 7.36. The third-order valence-corrected chi connectivity index (χ3v) is 3.62. The van der Waals surface area contributed by atoms with Crippen LogP contribution in [-0.2, 0) is 14.9 Å². The Bertz CT molecular complexity index is 372. The van der Waals surface area contributed by atoms with Crippen LogP contribution in [0.2, 0.25) is 0 Å². The second-order valence-corrected chi connectivity index (χ2v) is 5.92. The van der Waals surface area contributed by atoms with Crippen molar-refractivity contribution in [3.63, 3.8) is 0 Å². The first-order valence-electron chi connectivity index (χ1n) is 5.75. The molecule has 114 valence electrons. The molecule has 0 aliphatic carbocycles. The second kappa shape index (κ2) is 6.90. The Labute approximate surface area is 110 Å². The van der Waals surface area contributed by atoms with Gasteiger partial charge in [-0.1, -0.05) is 0 Å². The average Bonchev–Trinajstić information content (AvgIpc) is 2.33. The first-order chi connectivity index (χ1) is 8.76. The number of aliphatic hydroxyl groups is 4. The van der Waals surface area contributed by atoms with E-state index in [1.165, 1.54) is 0 Å². The zero-order chi connectivity index (χ0) is 14.6. The van der Waals surface area contributed by atoms with Gasteiger partial charge in [0.15, 0.2) is 0 Å². The number of hydrogen-bond acceptors (Lipinski definition) is 8. The van der Waals surface area contributed by atoms with E-state index in [-0.39, 0.29) is 13.0 Å². The van der Waals surface area contributed by atoms with Crippen LogP contribution in [0.1, 0.15) is 6.42 Å². The fraction of sp³-hybridized carbons (Fsp3) is 1.00. The number of rotatable bonds is 6. The highest BCUT2D eigenvalue weighted by atomic mass is 32.2. The van der Waals surface area contributed by atoms with Crippen molar-refractivity contribution < 1.29 is 38.1 Å². The van der Waals surface area contributed by atoms with Crippen LogP contribution in [0.5, 0.6) is 0 Å². The van der Waals surface area contributed by atoms with E-state index in [2.05, 4.69) is 5.32 Å². The van der Waals surface area contributed by atoms with E-state index in [1.807, 2.05) is 0 Å². The normalized spacial score (nSPS) is 36.4. The molecule has 1 unspecified atom stereocenters. The molecule has 1 heterocycles. The summed E-state index contributed by atoms with van der Waals surface area (Å²) < 4.78 is 34.6. The Morgan fingerprint density at radius 2 is 1.74 bits per heavy atom. The topological polar surface area (TPSA) is 157 Å². The predicted molar refractivity (Wildman–Crippen MR) is 62.8 cm³/mol. The fourth-order valence-electron chi connectivity index (χ4n) is 1.77. The predicted octanol–water partition coefficient (Wildman–Crippen LogP) is -3.35. The molecule has 0 spiro atoms. The molecule has 0 saturated carbocycles. The Hall–Kier alpha value is -0.330. The molecule has 0 aromatic carbocycles. The standard InChI is InChI=1S/C9H19NO8S/c11-4-5-6(12)7(13)8(14)9(18-5)10-2-1-3-19(15,16)17/h5-14H,1-4H2,(H,15,16,17)/t5-,6-,7+,8-,9?/m1/s1. The molecule has 1 saturated heterocycles. The van der Waals surface area contributed by atoms with E-state index in [1.54, 1.807) is 0 Å². The number of aliphatic hydroxyl groups excluding tert-OH is 4. The second-order valence-electron chi connectivity index (χ2n) is 4.34. The summed E-state index contributed by atoms with van der Waals surface area (Å²) in [6, 6.07) is 0. The molecule has 6 N–H and O–H groups in total. The van der Waals surface area contributed by atoms with Crippen molar-refractivity contribution in [2.45, 2.75) is 37.1 Å².